The molecule has 0 radical (unpaired) electrons. The normalized spacial score (nSPS) is 13.1. The minimum Gasteiger partial charge on any atom is -0.467 e. The summed E-state index contributed by atoms with van der Waals surface area (Å²) >= 11 is 8.82. The van der Waals surface area contributed by atoms with Gasteiger partial charge in [0.1, 0.15) is 10.6 Å². The van der Waals surface area contributed by atoms with Gasteiger partial charge in [0.15, 0.2) is 5.16 Å². The van der Waals surface area contributed by atoms with Gasteiger partial charge in [0, 0.05) is 29.9 Å². The average molecular weight is 543 g/mol. The summed E-state index contributed by atoms with van der Waals surface area (Å²) in [5.74, 6) is 0.529. The van der Waals surface area contributed by atoms with E-state index in [1.807, 2.05) is 18.2 Å². The third-order valence-corrected chi connectivity index (χ3v) is 8.49. The van der Waals surface area contributed by atoms with Crippen molar-refractivity contribution < 1.29 is 14.0 Å². The molecule has 8 nitrogen and oxygen atoms in total. The van der Waals surface area contributed by atoms with Crippen LogP contribution in [0, 0.1) is 0 Å². The first-order valence-electron chi connectivity index (χ1n) is 11.4. The number of thioether (sulfide) groups is 1. The van der Waals surface area contributed by atoms with Crippen molar-refractivity contribution >= 4 is 56.7 Å². The van der Waals surface area contributed by atoms with Gasteiger partial charge >= 0.3 is 0 Å². The van der Waals surface area contributed by atoms with Crippen LogP contribution in [0.5, 0.6) is 0 Å². The van der Waals surface area contributed by atoms with Crippen LogP contribution in [0.15, 0.2) is 57.0 Å². The molecule has 36 heavy (non-hydrogen) atoms. The van der Waals surface area contributed by atoms with Crippen LogP contribution in [0.3, 0.4) is 0 Å². The molecular weight excluding hydrogens is 520 g/mol. The molecule has 2 amide bonds. The fourth-order valence-corrected chi connectivity index (χ4v) is 6.46. The third-order valence-electron chi connectivity index (χ3n) is 6.03. The first-order valence-corrected chi connectivity index (χ1v) is 13.5. The lowest BCUT2D eigenvalue weighted by molar-refractivity contribution is -0.129. The molecule has 3 aromatic heterocycles. The Bertz CT molecular complexity index is 1500. The Morgan fingerprint density at radius 2 is 2.08 bits per heavy atom. The van der Waals surface area contributed by atoms with E-state index in [9.17, 15) is 14.4 Å². The number of carbonyl (C=O) groups excluding carboxylic acids is 2. The van der Waals surface area contributed by atoms with Crippen molar-refractivity contribution in [3.63, 3.8) is 0 Å². The topological polar surface area (TPSA) is 97.4 Å². The molecule has 5 rings (SSSR count). The monoisotopic (exact) mass is 542 g/mol. The maximum absolute atomic E-state index is 13.7. The second-order valence-corrected chi connectivity index (χ2v) is 10.8. The van der Waals surface area contributed by atoms with Crippen molar-refractivity contribution in [3.05, 3.63) is 79.8 Å². The highest BCUT2D eigenvalue weighted by molar-refractivity contribution is 7.99. The quantitative estimate of drug-likeness (QED) is 0.279. The Balaban J connectivity index is 1.42. The van der Waals surface area contributed by atoms with Gasteiger partial charge in [-0.3, -0.25) is 19.0 Å². The maximum atomic E-state index is 13.7. The Kier molecular flexibility index (Phi) is 7.17. The van der Waals surface area contributed by atoms with Gasteiger partial charge < -0.3 is 14.6 Å². The molecule has 0 bridgehead atoms. The summed E-state index contributed by atoms with van der Waals surface area (Å²) in [5.41, 5.74) is 1.63. The molecule has 0 saturated carbocycles. The highest BCUT2D eigenvalue weighted by Crippen LogP contribution is 2.34. The molecule has 0 atom stereocenters. The van der Waals surface area contributed by atoms with Crippen LogP contribution in [-0.2, 0) is 35.6 Å². The predicted octanol–water partition coefficient (Wildman–Crippen LogP) is 4.07. The molecule has 0 saturated heterocycles. The molecule has 0 fully saturated rings. The van der Waals surface area contributed by atoms with E-state index in [1.165, 1.54) is 23.1 Å². The highest BCUT2D eigenvalue weighted by Gasteiger charge is 2.26. The van der Waals surface area contributed by atoms with Crippen molar-refractivity contribution in [2.45, 2.75) is 38.1 Å². The molecule has 1 aliphatic rings. The zero-order valence-corrected chi connectivity index (χ0v) is 21.8. The molecule has 4 heterocycles. The van der Waals surface area contributed by atoms with Crippen molar-refractivity contribution in [1.29, 1.82) is 0 Å². The van der Waals surface area contributed by atoms with E-state index in [0.717, 1.165) is 16.0 Å². The number of furan rings is 1. The van der Waals surface area contributed by atoms with Crippen LogP contribution < -0.4 is 10.9 Å². The number of thiophene rings is 1. The maximum Gasteiger partial charge on any atom is 0.263 e. The summed E-state index contributed by atoms with van der Waals surface area (Å²) in [6.07, 6.45) is 2.17. The summed E-state index contributed by atoms with van der Waals surface area (Å²) in [4.78, 5) is 46.4. The largest absolute Gasteiger partial charge is 0.467 e. The summed E-state index contributed by atoms with van der Waals surface area (Å²) < 4.78 is 7.06. The van der Waals surface area contributed by atoms with Gasteiger partial charge in [0.2, 0.25) is 11.8 Å². The lowest BCUT2D eigenvalue weighted by atomic mass is 10.1. The summed E-state index contributed by atoms with van der Waals surface area (Å²) in [6.45, 7) is 3.14. The minimum absolute atomic E-state index is 0.0142. The zero-order chi connectivity index (χ0) is 25.2. The fourth-order valence-electron chi connectivity index (χ4n) is 4.15. The van der Waals surface area contributed by atoms with Crippen LogP contribution >= 0.6 is 34.7 Å². The minimum atomic E-state index is -0.193. The lowest BCUT2D eigenvalue weighted by Crippen LogP contribution is -2.34. The van der Waals surface area contributed by atoms with E-state index in [-0.39, 0.29) is 29.7 Å². The van der Waals surface area contributed by atoms with E-state index in [4.69, 9.17) is 21.0 Å². The Hall–Kier alpha value is -3.08. The number of hydrogen-bond donors (Lipinski definition) is 1. The number of benzene rings is 1. The number of nitrogens with zero attached hydrogens (tertiary/aromatic N) is 3. The molecule has 0 unspecified atom stereocenters. The summed E-state index contributed by atoms with van der Waals surface area (Å²) in [6, 6.07) is 10.9. The van der Waals surface area contributed by atoms with Gasteiger partial charge in [-0.25, -0.2) is 4.98 Å². The van der Waals surface area contributed by atoms with E-state index in [2.05, 4.69) is 5.32 Å². The van der Waals surface area contributed by atoms with Crippen molar-refractivity contribution in [3.8, 4) is 0 Å². The predicted molar refractivity (Wildman–Crippen MR) is 141 cm³/mol. The average Bonchev–Trinajstić information content (AvgIpc) is 3.51. The highest BCUT2D eigenvalue weighted by atomic mass is 35.5. The van der Waals surface area contributed by atoms with Crippen molar-refractivity contribution in [1.82, 2.24) is 19.8 Å². The fraction of sp³-hybridized carbons (Fsp3) is 0.280. The van der Waals surface area contributed by atoms with Crippen LogP contribution in [-0.4, -0.2) is 38.6 Å². The Morgan fingerprint density at radius 3 is 2.83 bits per heavy atom. The second kappa shape index (κ2) is 10.5. The van der Waals surface area contributed by atoms with Crippen LogP contribution in [0.1, 0.15) is 28.7 Å². The van der Waals surface area contributed by atoms with Crippen molar-refractivity contribution in [2.24, 2.45) is 0 Å². The van der Waals surface area contributed by atoms with Crippen molar-refractivity contribution in [2.75, 3.05) is 12.3 Å². The van der Waals surface area contributed by atoms with Gasteiger partial charge in [-0.1, -0.05) is 41.6 Å². The zero-order valence-electron chi connectivity index (χ0n) is 19.5. The third kappa shape index (κ3) is 5.07. The molecule has 4 aromatic rings. The van der Waals surface area contributed by atoms with E-state index in [1.54, 1.807) is 40.9 Å². The molecule has 186 valence electrons. The SMILES string of the molecule is CC(=O)N1CCc2c(sc3nc(SCC(=O)NCc4ccccc4Cl)n(Cc4ccco4)c(=O)c23)C1. The lowest BCUT2D eigenvalue weighted by Gasteiger charge is -2.25. The number of amides is 2. The van der Waals surface area contributed by atoms with Gasteiger partial charge in [0.05, 0.1) is 30.5 Å². The van der Waals surface area contributed by atoms with Crippen LogP contribution in [0.2, 0.25) is 5.02 Å². The number of hydrogen-bond acceptors (Lipinski definition) is 7. The molecule has 1 aromatic carbocycles. The first kappa shape index (κ1) is 24.6. The number of carbonyl (C=O) groups is 2. The Morgan fingerprint density at radius 1 is 1.25 bits per heavy atom. The molecule has 0 aliphatic carbocycles. The number of fused-ring (bicyclic) bond motifs is 3. The number of nitrogens with one attached hydrogen (secondary N) is 1. The molecule has 11 heteroatoms. The van der Waals surface area contributed by atoms with E-state index < -0.39 is 0 Å². The van der Waals surface area contributed by atoms with E-state index in [0.29, 0.717) is 52.2 Å². The molecule has 1 N–H and O–H groups in total. The van der Waals surface area contributed by atoms with Gasteiger partial charge in [-0.05, 0) is 35.7 Å². The molecule has 0 spiro atoms. The number of aromatic nitrogens is 2. The van der Waals surface area contributed by atoms with Crippen LogP contribution in [0.4, 0.5) is 0 Å². The van der Waals surface area contributed by atoms with Gasteiger partial charge in [-0.15, -0.1) is 11.3 Å². The number of rotatable bonds is 7. The second-order valence-electron chi connectivity index (χ2n) is 8.40. The summed E-state index contributed by atoms with van der Waals surface area (Å²) in [7, 11) is 0. The van der Waals surface area contributed by atoms with Crippen LogP contribution in [0.25, 0.3) is 10.2 Å². The molecule has 1 aliphatic heterocycles. The summed E-state index contributed by atoms with van der Waals surface area (Å²) in [5, 5.41) is 4.50. The Labute approximate surface area is 220 Å². The molecular formula is C25H23ClN4O4S2. The first-order chi connectivity index (χ1) is 17.4. The van der Waals surface area contributed by atoms with Gasteiger partial charge in [-0.2, -0.15) is 0 Å². The standard InChI is InChI=1S/C25H23ClN4O4S2/c1-15(31)29-9-8-18-20(13-29)36-23-22(18)24(33)30(12-17-6-4-10-34-17)25(28-23)35-14-21(32)27-11-16-5-2-3-7-19(16)26/h2-7,10H,8-9,11-14H2,1H3,(H,27,32). The van der Waals surface area contributed by atoms with Gasteiger partial charge in [0.25, 0.3) is 5.56 Å². The smallest absolute Gasteiger partial charge is 0.263 e. The number of halogens is 1. The van der Waals surface area contributed by atoms with E-state index >= 15 is 0 Å².